The molecule has 1 aliphatic heterocycles. The summed E-state index contributed by atoms with van der Waals surface area (Å²) >= 11 is 2.04. The van der Waals surface area contributed by atoms with Gasteiger partial charge in [0.05, 0.1) is 12.7 Å². The van der Waals surface area contributed by atoms with Crippen molar-refractivity contribution in [1.29, 1.82) is 0 Å². The summed E-state index contributed by atoms with van der Waals surface area (Å²) in [5.41, 5.74) is 1.86. The SMILES string of the molecule is COC(=O)c1ccc(CN2CCSC(C)(C)C2)cc1. The molecule has 1 fully saturated rings. The summed E-state index contributed by atoms with van der Waals surface area (Å²) in [5.74, 6) is 0.912. The first-order valence-corrected chi connectivity index (χ1v) is 7.52. The fourth-order valence-electron chi connectivity index (χ4n) is 2.37. The molecule has 0 aliphatic carbocycles. The van der Waals surface area contributed by atoms with Crippen LogP contribution >= 0.6 is 11.8 Å². The second-order valence-corrected chi connectivity index (χ2v) is 7.31. The van der Waals surface area contributed by atoms with E-state index < -0.39 is 0 Å². The number of carbonyl (C=O) groups is 1. The maximum absolute atomic E-state index is 11.4. The van der Waals surface area contributed by atoms with E-state index in [4.69, 9.17) is 4.74 Å². The molecule has 1 heterocycles. The first-order chi connectivity index (χ1) is 9.00. The third kappa shape index (κ3) is 3.98. The molecule has 19 heavy (non-hydrogen) atoms. The minimum Gasteiger partial charge on any atom is -0.465 e. The van der Waals surface area contributed by atoms with E-state index in [1.807, 2.05) is 36.0 Å². The zero-order valence-electron chi connectivity index (χ0n) is 11.8. The lowest BCUT2D eigenvalue weighted by atomic mass is 10.1. The summed E-state index contributed by atoms with van der Waals surface area (Å²) < 4.78 is 5.04. The molecular weight excluding hydrogens is 258 g/mol. The van der Waals surface area contributed by atoms with Crippen molar-refractivity contribution in [1.82, 2.24) is 4.90 Å². The monoisotopic (exact) mass is 279 g/mol. The van der Waals surface area contributed by atoms with Gasteiger partial charge >= 0.3 is 5.97 Å². The fraction of sp³-hybridized carbons (Fsp3) is 0.533. The van der Waals surface area contributed by atoms with Crippen LogP contribution in [-0.4, -0.2) is 41.6 Å². The number of methoxy groups -OCH3 is 1. The molecule has 0 amide bonds. The molecular formula is C15H21NO2S. The number of nitrogens with zero attached hydrogens (tertiary/aromatic N) is 1. The number of carbonyl (C=O) groups excluding carboxylic acids is 1. The van der Waals surface area contributed by atoms with Gasteiger partial charge in [-0.1, -0.05) is 12.1 Å². The van der Waals surface area contributed by atoms with Gasteiger partial charge in [-0.15, -0.1) is 0 Å². The minimum atomic E-state index is -0.276. The first kappa shape index (κ1) is 14.4. The van der Waals surface area contributed by atoms with Gasteiger partial charge in [-0.05, 0) is 31.5 Å². The molecule has 0 atom stereocenters. The number of hydrogen-bond donors (Lipinski definition) is 0. The van der Waals surface area contributed by atoms with E-state index in [1.54, 1.807) is 0 Å². The highest BCUT2D eigenvalue weighted by Gasteiger charge is 2.26. The maximum atomic E-state index is 11.4. The van der Waals surface area contributed by atoms with Gasteiger partial charge < -0.3 is 4.74 Å². The third-order valence-electron chi connectivity index (χ3n) is 3.29. The molecule has 3 nitrogen and oxygen atoms in total. The number of benzene rings is 1. The largest absolute Gasteiger partial charge is 0.465 e. The predicted molar refractivity (Wildman–Crippen MR) is 79.6 cm³/mol. The first-order valence-electron chi connectivity index (χ1n) is 6.54. The minimum absolute atomic E-state index is 0.276. The molecule has 2 rings (SSSR count). The molecule has 0 unspecified atom stereocenters. The van der Waals surface area contributed by atoms with Crippen LogP contribution in [0.1, 0.15) is 29.8 Å². The van der Waals surface area contributed by atoms with Gasteiger partial charge in [0.25, 0.3) is 0 Å². The highest BCUT2D eigenvalue weighted by atomic mass is 32.2. The van der Waals surface area contributed by atoms with Gasteiger partial charge in [0.15, 0.2) is 0 Å². The van der Waals surface area contributed by atoms with Gasteiger partial charge in [0.1, 0.15) is 0 Å². The van der Waals surface area contributed by atoms with Crippen molar-refractivity contribution in [3.05, 3.63) is 35.4 Å². The lowest BCUT2D eigenvalue weighted by Gasteiger charge is -2.37. The average molecular weight is 279 g/mol. The van der Waals surface area contributed by atoms with Crippen LogP contribution in [0.25, 0.3) is 0 Å². The molecule has 1 aliphatic rings. The van der Waals surface area contributed by atoms with Crippen LogP contribution in [0.5, 0.6) is 0 Å². The second-order valence-electron chi connectivity index (χ2n) is 5.51. The summed E-state index contributed by atoms with van der Waals surface area (Å²) in [6, 6.07) is 7.71. The van der Waals surface area contributed by atoms with Crippen molar-refractivity contribution in [3.63, 3.8) is 0 Å². The zero-order chi connectivity index (χ0) is 13.9. The van der Waals surface area contributed by atoms with Crippen molar-refractivity contribution < 1.29 is 9.53 Å². The van der Waals surface area contributed by atoms with Gasteiger partial charge in [-0.2, -0.15) is 11.8 Å². The standard InChI is InChI=1S/C15H21NO2S/c1-15(2)11-16(8-9-19-15)10-12-4-6-13(7-5-12)14(17)18-3/h4-7H,8-11H2,1-3H3. The highest BCUT2D eigenvalue weighted by Crippen LogP contribution is 2.30. The molecule has 1 aromatic carbocycles. The maximum Gasteiger partial charge on any atom is 0.337 e. The number of thioether (sulfide) groups is 1. The smallest absolute Gasteiger partial charge is 0.337 e. The topological polar surface area (TPSA) is 29.5 Å². The number of hydrogen-bond acceptors (Lipinski definition) is 4. The van der Waals surface area contributed by atoms with E-state index in [9.17, 15) is 4.79 Å². The molecule has 0 N–H and O–H groups in total. The zero-order valence-corrected chi connectivity index (χ0v) is 12.6. The van der Waals surface area contributed by atoms with Gasteiger partial charge in [0, 0.05) is 30.1 Å². The summed E-state index contributed by atoms with van der Waals surface area (Å²) in [7, 11) is 1.41. The second kappa shape index (κ2) is 5.97. The molecule has 0 spiro atoms. The number of ether oxygens (including phenoxy) is 1. The van der Waals surface area contributed by atoms with Crippen LogP contribution in [0.2, 0.25) is 0 Å². The Morgan fingerprint density at radius 1 is 1.37 bits per heavy atom. The lowest BCUT2D eigenvalue weighted by Crippen LogP contribution is -2.42. The van der Waals surface area contributed by atoms with Crippen molar-refractivity contribution in [2.75, 3.05) is 26.0 Å². The van der Waals surface area contributed by atoms with Crippen molar-refractivity contribution in [2.45, 2.75) is 25.1 Å². The molecule has 0 radical (unpaired) electrons. The Morgan fingerprint density at radius 3 is 2.63 bits per heavy atom. The number of esters is 1. The van der Waals surface area contributed by atoms with Crippen molar-refractivity contribution in [3.8, 4) is 0 Å². The van der Waals surface area contributed by atoms with Crippen LogP contribution in [0, 0.1) is 0 Å². The Hall–Kier alpha value is -1.00. The van der Waals surface area contributed by atoms with Crippen molar-refractivity contribution >= 4 is 17.7 Å². The quantitative estimate of drug-likeness (QED) is 0.796. The summed E-state index contributed by atoms with van der Waals surface area (Å²) in [4.78, 5) is 13.8. The fourth-order valence-corrected chi connectivity index (χ4v) is 3.55. The molecule has 0 aromatic heterocycles. The van der Waals surface area contributed by atoms with Crippen LogP contribution in [0.15, 0.2) is 24.3 Å². The Kier molecular flexibility index (Phi) is 4.53. The van der Waals surface area contributed by atoms with E-state index >= 15 is 0 Å². The Bertz CT molecular complexity index is 442. The highest BCUT2D eigenvalue weighted by molar-refractivity contribution is 8.00. The van der Waals surface area contributed by atoms with Crippen LogP contribution in [-0.2, 0) is 11.3 Å². The van der Waals surface area contributed by atoms with Crippen molar-refractivity contribution in [2.24, 2.45) is 0 Å². The van der Waals surface area contributed by atoms with Crippen LogP contribution in [0.4, 0.5) is 0 Å². The predicted octanol–water partition coefficient (Wildman–Crippen LogP) is 2.80. The lowest BCUT2D eigenvalue weighted by molar-refractivity contribution is 0.0600. The molecule has 1 saturated heterocycles. The van der Waals surface area contributed by atoms with Gasteiger partial charge in [-0.25, -0.2) is 4.79 Å². The number of rotatable bonds is 3. The Labute approximate surface area is 119 Å². The summed E-state index contributed by atoms with van der Waals surface area (Å²) in [6.07, 6.45) is 0. The summed E-state index contributed by atoms with van der Waals surface area (Å²) in [6.45, 7) is 7.78. The molecule has 0 saturated carbocycles. The van der Waals surface area contributed by atoms with E-state index in [0.717, 1.165) is 19.6 Å². The molecule has 104 valence electrons. The molecule has 1 aromatic rings. The Balaban J connectivity index is 1.98. The molecule has 4 heteroatoms. The summed E-state index contributed by atoms with van der Waals surface area (Å²) in [5, 5.41) is 0. The van der Waals surface area contributed by atoms with Crippen LogP contribution < -0.4 is 0 Å². The van der Waals surface area contributed by atoms with E-state index in [-0.39, 0.29) is 5.97 Å². The Morgan fingerprint density at radius 2 is 2.05 bits per heavy atom. The molecule has 0 bridgehead atoms. The van der Waals surface area contributed by atoms with Gasteiger partial charge in [-0.3, -0.25) is 4.90 Å². The normalized spacial score (nSPS) is 19.1. The third-order valence-corrected chi connectivity index (χ3v) is 4.58. The van der Waals surface area contributed by atoms with E-state index in [0.29, 0.717) is 10.3 Å². The average Bonchev–Trinajstić information content (AvgIpc) is 2.37. The van der Waals surface area contributed by atoms with E-state index in [2.05, 4.69) is 18.7 Å². The van der Waals surface area contributed by atoms with Crippen LogP contribution in [0.3, 0.4) is 0 Å². The van der Waals surface area contributed by atoms with Gasteiger partial charge in [0.2, 0.25) is 0 Å². The van der Waals surface area contributed by atoms with E-state index in [1.165, 1.54) is 18.4 Å².